The largest absolute Gasteiger partial charge is 0.508 e. The first kappa shape index (κ1) is 17.9. The molecule has 3 rings (SSSR count). The van der Waals surface area contributed by atoms with E-state index in [1.165, 1.54) is 12.1 Å². The quantitative estimate of drug-likeness (QED) is 0.846. The van der Waals surface area contributed by atoms with Crippen LogP contribution in [0.1, 0.15) is 17.5 Å². The van der Waals surface area contributed by atoms with Gasteiger partial charge >= 0.3 is 0 Å². The van der Waals surface area contributed by atoms with Crippen molar-refractivity contribution >= 4 is 0 Å². The molecule has 1 atom stereocenters. The topological polar surface area (TPSA) is 46.9 Å². The van der Waals surface area contributed by atoms with Gasteiger partial charge in [0.05, 0.1) is 0 Å². The summed E-state index contributed by atoms with van der Waals surface area (Å²) in [5.41, 5.74) is 2.18. The Labute approximate surface area is 148 Å². The minimum atomic E-state index is -0.216. The van der Waals surface area contributed by atoms with Gasteiger partial charge in [-0.3, -0.25) is 9.80 Å². The normalized spacial score (nSPS) is 19.2. The van der Waals surface area contributed by atoms with E-state index >= 15 is 0 Å². The van der Waals surface area contributed by atoms with Crippen molar-refractivity contribution in [3.63, 3.8) is 0 Å². The van der Waals surface area contributed by atoms with Crippen LogP contribution in [0, 0.1) is 5.82 Å². The minimum absolute atomic E-state index is 0.157. The van der Waals surface area contributed by atoms with Crippen molar-refractivity contribution in [1.82, 2.24) is 9.80 Å². The number of aliphatic hydroxyl groups excluding tert-OH is 1. The second kappa shape index (κ2) is 8.43. The number of aromatic hydroxyl groups is 1. The van der Waals surface area contributed by atoms with Gasteiger partial charge in [-0.1, -0.05) is 24.3 Å². The molecule has 0 aliphatic carbocycles. The SMILES string of the molecule is OCC[C@@H]1CN(Cc2cccc(O)c2)CCN1Cc1ccc(F)cc1. The van der Waals surface area contributed by atoms with Crippen LogP contribution in [-0.2, 0) is 13.1 Å². The van der Waals surface area contributed by atoms with E-state index in [9.17, 15) is 14.6 Å². The van der Waals surface area contributed by atoms with E-state index in [2.05, 4.69) is 9.80 Å². The van der Waals surface area contributed by atoms with E-state index in [0.29, 0.717) is 5.75 Å². The van der Waals surface area contributed by atoms with E-state index in [-0.39, 0.29) is 18.5 Å². The van der Waals surface area contributed by atoms with E-state index in [0.717, 1.165) is 50.3 Å². The molecule has 2 aromatic rings. The fourth-order valence-electron chi connectivity index (χ4n) is 3.47. The summed E-state index contributed by atoms with van der Waals surface area (Å²) >= 11 is 0. The standard InChI is InChI=1S/C20H25FN2O2/c21-18-6-4-16(5-7-18)14-23-10-9-22(15-19(23)8-11-24)13-17-2-1-3-20(25)12-17/h1-7,12,19,24-25H,8-11,13-15H2/t19-/m1/s1. The first-order valence-electron chi connectivity index (χ1n) is 8.73. The molecule has 2 aromatic carbocycles. The summed E-state index contributed by atoms with van der Waals surface area (Å²) in [4.78, 5) is 4.72. The number of halogens is 1. The third kappa shape index (κ3) is 5.01. The Morgan fingerprint density at radius 2 is 1.80 bits per heavy atom. The third-order valence-electron chi connectivity index (χ3n) is 4.77. The summed E-state index contributed by atoms with van der Waals surface area (Å²) in [7, 11) is 0. The van der Waals surface area contributed by atoms with Crippen LogP contribution in [0.25, 0.3) is 0 Å². The summed E-state index contributed by atoms with van der Waals surface area (Å²) in [5, 5.41) is 19.0. The number of aliphatic hydroxyl groups is 1. The molecule has 5 heteroatoms. The van der Waals surface area contributed by atoms with Gasteiger partial charge in [-0.25, -0.2) is 4.39 Å². The molecule has 1 saturated heterocycles. The fourth-order valence-corrected chi connectivity index (χ4v) is 3.47. The van der Waals surface area contributed by atoms with Gasteiger partial charge in [0.15, 0.2) is 0 Å². The van der Waals surface area contributed by atoms with E-state index < -0.39 is 0 Å². The Bertz CT molecular complexity index is 678. The molecule has 0 aromatic heterocycles. The molecule has 1 aliphatic rings. The predicted molar refractivity (Wildman–Crippen MR) is 95.7 cm³/mol. The van der Waals surface area contributed by atoms with Crippen molar-refractivity contribution in [2.75, 3.05) is 26.2 Å². The maximum Gasteiger partial charge on any atom is 0.123 e. The summed E-state index contributed by atoms with van der Waals surface area (Å²) in [5.74, 6) is 0.0749. The van der Waals surface area contributed by atoms with Gasteiger partial charge in [0, 0.05) is 45.4 Å². The molecular weight excluding hydrogens is 319 g/mol. The first-order chi connectivity index (χ1) is 12.1. The Morgan fingerprint density at radius 1 is 1.00 bits per heavy atom. The monoisotopic (exact) mass is 344 g/mol. The fraction of sp³-hybridized carbons (Fsp3) is 0.400. The summed E-state index contributed by atoms with van der Waals surface area (Å²) < 4.78 is 13.1. The second-order valence-electron chi connectivity index (χ2n) is 6.67. The second-order valence-corrected chi connectivity index (χ2v) is 6.67. The molecule has 0 radical (unpaired) electrons. The molecule has 0 spiro atoms. The Balaban J connectivity index is 1.62. The Kier molecular flexibility index (Phi) is 6.02. The van der Waals surface area contributed by atoms with Crippen LogP contribution in [0.5, 0.6) is 5.75 Å². The van der Waals surface area contributed by atoms with Crippen LogP contribution in [-0.4, -0.2) is 52.3 Å². The van der Waals surface area contributed by atoms with Gasteiger partial charge in [0.2, 0.25) is 0 Å². The molecule has 2 N–H and O–H groups in total. The van der Waals surface area contributed by atoms with Gasteiger partial charge in [-0.2, -0.15) is 0 Å². The molecule has 0 amide bonds. The highest BCUT2D eigenvalue weighted by molar-refractivity contribution is 5.27. The average molecular weight is 344 g/mol. The van der Waals surface area contributed by atoms with E-state index in [1.807, 2.05) is 24.3 Å². The number of piperazine rings is 1. The maximum atomic E-state index is 13.1. The Hall–Kier alpha value is -1.95. The molecular formula is C20H25FN2O2. The molecule has 134 valence electrons. The smallest absolute Gasteiger partial charge is 0.123 e. The van der Waals surface area contributed by atoms with Gasteiger partial charge < -0.3 is 10.2 Å². The van der Waals surface area contributed by atoms with Crippen molar-refractivity contribution in [2.24, 2.45) is 0 Å². The van der Waals surface area contributed by atoms with Gasteiger partial charge in [-0.05, 0) is 41.8 Å². The Morgan fingerprint density at radius 3 is 2.52 bits per heavy atom. The highest BCUT2D eigenvalue weighted by Gasteiger charge is 2.26. The van der Waals surface area contributed by atoms with Crippen LogP contribution < -0.4 is 0 Å². The minimum Gasteiger partial charge on any atom is -0.508 e. The summed E-state index contributed by atoms with van der Waals surface area (Å²) in [6.07, 6.45) is 0.720. The van der Waals surface area contributed by atoms with Crippen molar-refractivity contribution in [1.29, 1.82) is 0 Å². The lowest BCUT2D eigenvalue weighted by atomic mass is 10.1. The average Bonchev–Trinajstić information content (AvgIpc) is 2.59. The predicted octanol–water partition coefficient (Wildman–Crippen LogP) is 2.60. The van der Waals surface area contributed by atoms with Crippen LogP contribution >= 0.6 is 0 Å². The van der Waals surface area contributed by atoms with Crippen LogP contribution in [0.3, 0.4) is 0 Å². The zero-order chi connectivity index (χ0) is 17.6. The van der Waals surface area contributed by atoms with Gasteiger partial charge in [0.1, 0.15) is 11.6 Å². The molecule has 25 heavy (non-hydrogen) atoms. The maximum absolute atomic E-state index is 13.1. The molecule has 0 saturated carbocycles. The molecule has 0 bridgehead atoms. The number of phenolic OH excluding ortho intramolecular Hbond substituents is 1. The van der Waals surface area contributed by atoms with Crippen LogP contribution in [0.4, 0.5) is 4.39 Å². The van der Waals surface area contributed by atoms with Crippen molar-refractivity contribution in [3.8, 4) is 5.75 Å². The lowest BCUT2D eigenvalue weighted by Crippen LogP contribution is -2.52. The van der Waals surface area contributed by atoms with Gasteiger partial charge in [0.25, 0.3) is 0 Å². The number of hydrogen-bond acceptors (Lipinski definition) is 4. The first-order valence-corrected chi connectivity index (χ1v) is 8.73. The number of hydrogen-bond donors (Lipinski definition) is 2. The molecule has 0 unspecified atom stereocenters. The molecule has 1 heterocycles. The molecule has 1 fully saturated rings. The zero-order valence-corrected chi connectivity index (χ0v) is 14.3. The van der Waals surface area contributed by atoms with Crippen molar-refractivity contribution in [2.45, 2.75) is 25.6 Å². The van der Waals surface area contributed by atoms with E-state index in [1.54, 1.807) is 12.1 Å². The number of rotatable bonds is 6. The summed E-state index contributed by atoms with van der Waals surface area (Å²) in [6, 6.07) is 14.3. The summed E-state index contributed by atoms with van der Waals surface area (Å²) in [6.45, 7) is 4.42. The third-order valence-corrected chi connectivity index (χ3v) is 4.77. The van der Waals surface area contributed by atoms with Crippen molar-refractivity contribution in [3.05, 3.63) is 65.5 Å². The van der Waals surface area contributed by atoms with E-state index in [4.69, 9.17) is 0 Å². The molecule has 4 nitrogen and oxygen atoms in total. The number of benzene rings is 2. The number of phenols is 1. The highest BCUT2D eigenvalue weighted by atomic mass is 19.1. The van der Waals surface area contributed by atoms with Crippen LogP contribution in [0.15, 0.2) is 48.5 Å². The van der Waals surface area contributed by atoms with Crippen molar-refractivity contribution < 1.29 is 14.6 Å². The number of nitrogens with zero attached hydrogens (tertiary/aromatic N) is 2. The highest BCUT2D eigenvalue weighted by Crippen LogP contribution is 2.20. The van der Waals surface area contributed by atoms with Crippen LogP contribution in [0.2, 0.25) is 0 Å². The lowest BCUT2D eigenvalue weighted by molar-refractivity contribution is 0.0499. The lowest BCUT2D eigenvalue weighted by Gasteiger charge is -2.41. The molecule has 1 aliphatic heterocycles. The van der Waals surface area contributed by atoms with Gasteiger partial charge in [-0.15, -0.1) is 0 Å². The zero-order valence-electron chi connectivity index (χ0n) is 14.3.